The van der Waals surface area contributed by atoms with Gasteiger partial charge in [-0.05, 0) is 50.4 Å². The highest BCUT2D eigenvalue weighted by Crippen LogP contribution is 2.31. The first-order chi connectivity index (χ1) is 8.08. The van der Waals surface area contributed by atoms with Gasteiger partial charge in [0, 0.05) is 18.2 Å². The normalized spacial score (nSPS) is 23.6. The van der Waals surface area contributed by atoms with Crippen molar-refractivity contribution in [2.75, 3.05) is 13.1 Å². The van der Waals surface area contributed by atoms with E-state index in [0.29, 0.717) is 11.5 Å². The molecule has 2 rings (SSSR count). The lowest BCUT2D eigenvalue weighted by Crippen LogP contribution is -2.36. The fourth-order valence-corrected chi connectivity index (χ4v) is 2.63. The quantitative estimate of drug-likeness (QED) is 0.853. The van der Waals surface area contributed by atoms with E-state index in [4.69, 9.17) is 0 Å². The van der Waals surface area contributed by atoms with Gasteiger partial charge < -0.3 is 5.11 Å². The summed E-state index contributed by atoms with van der Waals surface area (Å²) in [6, 6.07) is 4.26. The molecule has 2 atom stereocenters. The van der Waals surface area contributed by atoms with Crippen LogP contribution in [0.25, 0.3) is 0 Å². The van der Waals surface area contributed by atoms with Crippen LogP contribution in [0.15, 0.2) is 18.2 Å². The number of benzene rings is 1. The molecule has 2 unspecified atom stereocenters. The SMILES string of the molecule is CC1CCCN(C(C)c2cc(F)ccc2O)C1. The molecule has 1 aliphatic heterocycles. The lowest BCUT2D eigenvalue weighted by molar-refractivity contribution is 0.137. The van der Waals surface area contributed by atoms with E-state index in [2.05, 4.69) is 11.8 Å². The maximum Gasteiger partial charge on any atom is 0.123 e. The van der Waals surface area contributed by atoms with Gasteiger partial charge in [-0.3, -0.25) is 4.90 Å². The minimum Gasteiger partial charge on any atom is -0.508 e. The van der Waals surface area contributed by atoms with Crippen molar-refractivity contribution >= 4 is 0 Å². The van der Waals surface area contributed by atoms with Gasteiger partial charge in [0.1, 0.15) is 11.6 Å². The van der Waals surface area contributed by atoms with Gasteiger partial charge in [-0.2, -0.15) is 0 Å². The van der Waals surface area contributed by atoms with Crippen LogP contribution in [0, 0.1) is 11.7 Å². The maximum absolute atomic E-state index is 13.2. The highest BCUT2D eigenvalue weighted by molar-refractivity contribution is 5.35. The molecular formula is C14H20FNO. The first-order valence-corrected chi connectivity index (χ1v) is 6.30. The molecule has 0 spiro atoms. The van der Waals surface area contributed by atoms with Gasteiger partial charge in [0.2, 0.25) is 0 Å². The molecule has 0 bridgehead atoms. The van der Waals surface area contributed by atoms with Crippen molar-refractivity contribution in [2.45, 2.75) is 32.7 Å². The van der Waals surface area contributed by atoms with E-state index in [0.717, 1.165) is 13.1 Å². The average Bonchev–Trinajstić information content (AvgIpc) is 2.31. The Labute approximate surface area is 102 Å². The summed E-state index contributed by atoms with van der Waals surface area (Å²) >= 11 is 0. The smallest absolute Gasteiger partial charge is 0.123 e. The molecule has 0 aliphatic carbocycles. The van der Waals surface area contributed by atoms with Crippen LogP contribution in [0.1, 0.15) is 38.3 Å². The van der Waals surface area contributed by atoms with E-state index in [-0.39, 0.29) is 17.6 Å². The monoisotopic (exact) mass is 237 g/mol. The van der Waals surface area contributed by atoms with Gasteiger partial charge >= 0.3 is 0 Å². The molecule has 1 fully saturated rings. The summed E-state index contributed by atoms with van der Waals surface area (Å²) in [6.45, 7) is 6.33. The summed E-state index contributed by atoms with van der Waals surface area (Å²) in [5.41, 5.74) is 0.694. The Morgan fingerprint density at radius 1 is 1.47 bits per heavy atom. The number of aromatic hydroxyl groups is 1. The number of hydrogen-bond donors (Lipinski definition) is 1. The molecule has 94 valence electrons. The Kier molecular flexibility index (Phi) is 3.67. The minimum atomic E-state index is -0.283. The van der Waals surface area contributed by atoms with E-state index in [9.17, 15) is 9.50 Å². The third kappa shape index (κ3) is 2.78. The molecule has 1 aromatic rings. The summed E-state index contributed by atoms with van der Waals surface area (Å²) in [5, 5.41) is 9.81. The fraction of sp³-hybridized carbons (Fsp3) is 0.571. The second-order valence-electron chi connectivity index (χ2n) is 5.12. The van der Waals surface area contributed by atoms with Crippen LogP contribution in [0.3, 0.4) is 0 Å². The highest BCUT2D eigenvalue weighted by Gasteiger charge is 2.23. The molecule has 1 aromatic carbocycles. The van der Waals surface area contributed by atoms with Crippen molar-refractivity contribution in [3.8, 4) is 5.75 Å². The molecule has 1 saturated heterocycles. The van der Waals surface area contributed by atoms with Crippen LogP contribution in [0.2, 0.25) is 0 Å². The zero-order valence-electron chi connectivity index (χ0n) is 10.5. The molecule has 0 amide bonds. The van der Waals surface area contributed by atoms with Crippen LogP contribution in [0.4, 0.5) is 4.39 Å². The third-order valence-corrected chi connectivity index (χ3v) is 3.68. The van der Waals surface area contributed by atoms with E-state index in [1.807, 2.05) is 6.92 Å². The van der Waals surface area contributed by atoms with Crippen LogP contribution in [0.5, 0.6) is 5.75 Å². The predicted molar refractivity (Wildman–Crippen MR) is 66.5 cm³/mol. The van der Waals surface area contributed by atoms with Crippen LogP contribution < -0.4 is 0 Å². The van der Waals surface area contributed by atoms with Crippen molar-refractivity contribution in [1.82, 2.24) is 4.90 Å². The van der Waals surface area contributed by atoms with Crippen molar-refractivity contribution in [3.05, 3.63) is 29.6 Å². The van der Waals surface area contributed by atoms with E-state index < -0.39 is 0 Å². The van der Waals surface area contributed by atoms with Gasteiger partial charge in [0.05, 0.1) is 0 Å². The standard InChI is InChI=1S/C14H20FNO/c1-10-4-3-7-16(9-10)11(2)13-8-12(15)5-6-14(13)17/h5-6,8,10-11,17H,3-4,7,9H2,1-2H3. The molecule has 17 heavy (non-hydrogen) atoms. The zero-order valence-corrected chi connectivity index (χ0v) is 10.5. The fourth-order valence-electron chi connectivity index (χ4n) is 2.63. The van der Waals surface area contributed by atoms with Crippen LogP contribution >= 0.6 is 0 Å². The number of halogens is 1. The summed E-state index contributed by atoms with van der Waals surface area (Å²) < 4.78 is 13.2. The van der Waals surface area contributed by atoms with E-state index in [1.54, 1.807) is 0 Å². The second-order valence-corrected chi connectivity index (χ2v) is 5.12. The number of piperidine rings is 1. The first-order valence-electron chi connectivity index (χ1n) is 6.30. The Hall–Kier alpha value is -1.09. The van der Waals surface area contributed by atoms with Gasteiger partial charge in [0.15, 0.2) is 0 Å². The molecule has 0 saturated carbocycles. The van der Waals surface area contributed by atoms with Crippen molar-refractivity contribution in [3.63, 3.8) is 0 Å². The molecule has 1 heterocycles. The van der Waals surface area contributed by atoms with E-state index in [1.165, 1.54) is 31.0 Å². The molecule has 1 N–H and O–H groups in total. The lowest BCUT2D eigenvalue weighted by atomic mass is 9.96. The number of phenolic OH excluding ortho intramolecular Hbond substituents is 1. The molecule has 3 heteroatoms. The summed E-state index contributed by atoms with van der Waals surface area (Å²) in [7, 11) is 0. The van der Waals surface area contributed by atoms with Gasteiger partial charge in [-0.1, -0.05) is 6.92 Å². The first kappa shape index (κ1) is 12.4. The summed E-state index contributed by atoms with van der Waals surface area (Å²) in [4.78, 5) is 2.32. The Balaban J connectivity index is 2.18. The van der Waals surface area contributed by atoms with Gasteiger partial charge in [0.25, 0.3) is 0 Å². The van der Waals surface area contributed by atoms with Gasteiger partial charge in [-0.15, -0.1) is 0 Å². The van der Waals surface area contributed by atoms with Gasteiger partial charge in [-0.25, -0.2) is 4.39 Å². The molecule has 1 aliphatic rings. The summed E-state index contributed by atoms with van der Waals surface area (Å²) in [6.07, 6.45) is 2.44. The number of phenols is 1. The third-order valence-electron chi connectivity index (χ3n) is 3.68. The molecule has 2 nitrogen and oxygen atoms in total. The predicted octanol–water partition coefficient (Wildman–Crippen LogP) is 3.32. The number of likely N-dealkylation sites (tertiary alicyclic amines) is 1. The number of nitrogens with zero attached hydrogens (tertiary/aromatic N) is 1. The maximum atomic E-state index is 13.2. The molecular weight excluding hydrogens is 217 g/mol. The number of rotatable bonds is 2. The summed E-state index contributed by atoms with van der Waals surface area (Å²) in [5.74, 6) is 0.591. The second kappa shape index (κ2) is 5.05. The van der Waals surface area contributed by atoms with Crippen molar-refractivity contribution in [1.29, 1.82) is 0 Å². The largest absolute Gasteiger partial charge is 0.508 e. The molecule has 0 radical (unpaired) electrons. The van der Waals surface area contributed by atoms with Crippen molar-refractivity contribution < 1.29 is 9.50 Å². The Bertz CT molecular complexity index is 394. The van der Waals surface area contributed by atoms with Crippen molar-refractivity contribution in [2.24, 2.45) is 5.92 Å². The Morgan fingerprint density at radius 3 is 2.94 bits per heavy atom. The molecule has 0 aromatic heterocycles. The Morgan fingerprint density at radius 2 is 2.24 bits per heavy atom. The zero-order chi connectivity index (χ0) is 12.4. The lowest BCUT2D eigenvalue weighted by Gasteiger charge is -2.36. The highest BCUT2D eigenvalue weighted by atomic mass is 19.1. The number of hydrogen-bond acceptors (Lipinski definition) is 2. The topological polar surface area (TPSA) is 23.5 Å². The average molecular weight is 237 g/mol. The van der Waals surface area contributed by atoms with Crippen LogP contribution in [-0.2, 0) is 0 Å². The minimum absolute atomic E-state index is 0.0773. The van der Waals surface area contributed by atoms with Crippen LogP contribution in [-0.4, -0.2) is 23.1 Å². The van der Waals surface area contributed by atoms with E-state index >= 15 is 0 Å².